The van der Waals surface area contributed by atoms with Crippen LogP contribution in [0.1, 0.15) is 0 Å². The van der Waals surface area contributed by atoms with Crippen LogP contribution < -0.4 is 4.90 Å². The average molecular weight is 813 g/mol. The minimum Gasteiger partial charge on any atom is -0.310 e. The summed E-state index contributed by atoms with van der Waals surface area (Å²) < 4.78 is 20.2. The number of aromatic nitrogens is 1. The molecule has 0 amide bonds. The van der Waals surface area contributed by atoms with Gasteiger partial charge >= 0.3 is 0 Å². The minimum atomic E-state index is -0.211. The summed E-state index contributed by atoms with van der Waals surface area (Å²) in [4.78, 5) is 2.38. The van der Waals surface area contributed by atoms with Crippen LogP contribution in [0.25, 0.3) is 91.8 Å². The third-order valence-corrected chi connectivity index (χ3v) is 13.5. The highest BCUT2D eigenvalue weighted by Crippen LogP contribution is 2.45. The number of halogens is 1. The van der Waals surface area contributed by atoms with Gasteiger partial charge in [0.25, 0.3) is 0 Å². The molecule has 12 rings (SSSR count). The Labute approximate surface area is 362 Å². The van der Waals surface area contributed by atoms with Gasteiger partial charge in [-0.15, -0.1) is 11.3 Å². The van der Waals surface area contributed by atoms with Gasteiger partial charge in [-0.05, 0) is 105 Å². The van der Waals surface area contributed by atoms with Crippen LogP contribution in [-0.4, -0.2) is 4.57 Å². The van der Waals surface area contributed by atoms with Crippen LogP contribution in [0.3, 0.4) is 0 Å². The molecule has 2 aromatic heterocycles. The van der Waals surface area contributed by atoms with Gasteiger partial charge in [-0.1, -0.05) is 158 Å². The smallest absolute Gasteiger partial charge is 0.133 e. The summed E-state index contributed by atoms with van der Waals surface area (Å²) >= 11 is 1.86. The first-order valence-electron chi connectivity index (χ1n) is 20.9. The fourth-order valence-electron chi connectivity index (χ4n) is 9.42. The van der Waals surface area contributed by atoms with Crippen LogP contribution in [-0.2, 0) is 0 Å². The molecule has 4 heteroatoms. The molecule has 0 aliphatic heterocycles. The van der Waals surface area contributed by atoms with Gasteiger partial charge in [0.05, 0.1) is 16.7 Å². The van der Waals surface area contributed by atoms with Crippen LogP contribution in [0, 0.1) is 5.82 Å². The second-order valence-corrected chi connectivity index (χ2v) is 16.8. The van der Waals surface area contributed by atoms with E-state index in [0.717, 1.165) is 61.1 Å². The summed E-state index contributed by atoms with van der Waals surface area (Å²) in [5, 5.41) is 6.44. The van der Waals surface area contributed by atoms with Gasteiger partial charge in [0, 0.05) is 53.4 Å². The number of rotatable bonds is 7. The number of thiophene rings is 1. The molecule has 0 saturated heterocycles. The maximum atomic E-state index is 15.4. The Balaban J connectivity index is 0.997. The van der Waals surface area contributed by atoms with Crippen LogP contribution in [0.5, 0.6) is 0 Å². The van der Waals surface area contributed by atoms with E-state index in [2.05, 4.69) is 198 Å². The van der Waals surface area contributed by atoms with Gasteiger partial charge in [-0.2, -0.15) is 0 Å². The Kier molecular flexibility index (Phi) is 8.58. The average Bonchev–Trinajstić information content (AvgIpc) is 3.89. The van der Waals surface area contributed by atoms with Crippen molar-refractivity contribution in [3.63, 3.8) is 0 Å². The van der Waals surface area contributed by atoms with Crippen LogP contribution in [0.4, 0.5) is 21.5 Å². The molecule has 0 saturated carbocycles. The Morgan fingerprint density at radius 1 is 0.387 bits per heavy atom. The molecule has 0 fully saturated rings. The van der Waals surface area contributed by atoms with Crippen molar-refractivity contribution in [2.75, 3.05) is 4.90 Å². The monoisotopic (exact) mass is 812 g/mol. The molecule has 0 N–H and O–H groups in total. The number of nitrogens with zero attached hydrogens (tertiary/aromatic N) is 2. The van der Waals surface area contributed by atoms with Crippen molar-refractivity contribution in [3.8, 4) is 39.1 Å². The zero-order valence-corrected chi connectivity index (χ0v) is 34.4. The topological polar surface area (TPSA) is 8.17 Å². The number of benzene rings is 10. The first kappa shape index (κ1) is 36.1. The molecular formula is C58H37FN2S. The molecule has 0 atom stereocenters. The van der Waals surface area contributed by atoms with Crippen molar-refractivity contribution in [1.82, 2.24) is 4.57 Å². The summed E-state index contributed by atoms with van der Waals surface area (Å²) in [5.74, 6) is -0.211. The molecule has 2 nitrogen and oxygen atoms in total. The molecule has 292 valence electrons. The number of hydrogen-bond donors (Lipinski definition) is 0. The summed E-state index contributed by atoms with van der Waals surface area (Å²) in [6.07, 6.45) is 0. The van der Waals surface area contributed by atoms with Gasteiger partial charge < -0.3 is 9.47 Å². The Hall–Kier alpha value is -7.79. The second-order valence-electron chi connectivity index (χ2n) is 15.8. The summed E-state index contributed by atoms with van der Waals surface area (Å²) in [6, 6.07) is 79.1. The van der Waals surface area contributed by atoms with E-state index in [1.165, 1.54) is 42.4 Å². The summed E-state index contributed by atoms with van der Waals surface area (Å²) in [7, 11) is 0. The van der Waals surface area contributed by atoms with Crippen molar-refractivity contribution in [1.29, 1.82) is 0 Å². The highest BCUT2D eigenvalue weighted by Gasteiger charge is 2.20. The SMILES string of the molecule is Fc1cccc2c1c1ccccc1n2-c1cccc(-c2ccc(N(c3ccc(-c4ccccc4)cc3)c3ccc(-c4cccc5c4sc4ccccc45)cc3)c3ccccc23)c1. The molecule has 0 unspecified atom stereocenters. The molecule has 0 bridgehead atoms. The molecule has 0 spiro atoms. The first-order valence-corrected chi connectivity index (χ1v) is 21.8. The normalized spacial score (nSPS) is 11.6. The van der Waals surface area contributed by atoms with E-state index in [1.807, 2.05) is 35.6 Å². The van der Waals surface area contributed by atoms with E-state index in [-0.39, 0.29) is 5.82 Å². The van der Waals surface area contributed by atoms with Crippen molar-refractivity contribution in [3.05, 3.63) is 230 Å². The lowest BCUT2D eigenvalue weighted by atomic mass is 9.95. The van der Waals surface area contributed by atoms with E-state index < -0.39 is 0 Å². The zero-order valence-electron chi connectivity index (χ0n) is 33.5. The summed E-state index contributed by atoms with van der Waals surface area (Å²) in [5.41, 5.74) is 13.1. The van der Waals surface area contributed by atoms with Crippen LogP contribution >= 0.6 is 11.3 Å². The van der Waals surface area contributed by atoms with Gasteiger partial charge in [0.15, 0.2) is 0 Å². The van der Waals surface area contributed by atoms with Crippen LogP contribution in [0.15, 0.2) is 224 Å². The highest BCUT2D eigenvalue weighted by molar-refractivity contribution is 7.26. The van der Waals surface area contributed by atoms with E-state index >= 15 is 4.39 Å². The predicted octanol–water partition coefficient (Wildman–Crippen LogP) is 16.9. The maximum absolute atomic E-state index is 15.4. The van der Waals surface area contributed by atoms with Gasteiger partial charge in [0.2, 0.25) is 0 Å². The fraction of sp³-hybridized carbons (Fsp3) is 0. The van der Waals surface area contributed by atoms with Gasteiger partial charge in [0.1, 0.15) is 5.82 Å². The van der Waals surface area contributed by atoms with E-state index in [4.69, 9.17) is 0 Å². The Morgan fingerprint density at radius 2 is 0.984 bits per heavy atom. The lowest BCUT2D eigenvalue weighted by molar-refractivity contribution is 0.640. The van der Waals surface area contributed by atoms with E-state index in [0.29, 0.717) is 5.39 Å². The first-order chi connectivity index (χ1) is 30.7. The van der Waals surface area contributed by atoms with Crippen molar-refractivity contribution in [2.45, 2.75) is 0 Å². The minimum absolute atomic E-state index is 0.211. The summed E-state index contributed by atoms with van der Waals surface area (Å²) in [6.45, 7) is 0. The molecule has 12 aromatic rings. The maximum Gasteiger partial charge on any atom is 0.133 e. The largest absolute Gasteiger partial charge is 0.310 e. The number of fused-ring (bicyclic) bond motifs is 7. The number of para-hydroxylation sites is 1. The van der Waals surface area contributed by atoms with E-state index in [1.54, 1.807) is 12.1 Å². The lowest BCUT2D eigenvalue weighted by Crippen LogP contribution is -2.10. The lowest BCUT2D eigenvalue weighted by Gasteiger charge is -2.28. The third kappa shape index (κ3) is 5.91. The third-order valence-electron chi connectivity index (χ3n) is 12.3. The van der Waals surface area contributed by atoms with Crippen molar-refractivity contribution in [2.24, 2.45) is 0 Å². The van der Waals surface area contributed by atoms with Crippen molar-refractivity contribution >= 4 is 81.1 Å². The standard InChI is InChI=1S/C58H37FN2S/c59-52-23-12-25-55-57(52)51-20-6-8-24-53(51)61(55)44-16-10-15-41(37-44)45-35-36-54(48-18-5-4-17-47(45)48)60(42-31-27-39(28-32-42)38-13-2-1-3-14-38)43-33-29-40(30-34-43)46-21-11-22-50-49-19-7-9-26-56(49)62-58(46)50/h1-37H. The molecule has 2 heterocycles. The zero-order chi connectivity index (χ0) is 41.1. The second kappa shape index (κ2) is 14.7. The van der Waals surface area contributed by atoms with Crippen LogP contribution in [0.2, 0.25) is 0 Å². The highest BCUT2D eigenvalue weighted by atomic mass is 32.1. The fourth-order valence-corrected chi connectivity index (χ4v) is 10.7. The van der Waals surface area contributed by atoms with E-state index in [9.17, 15) is 0 Å². The molecule has 10 aromatic carbocycles. The Bertz CT molecular complexity index is 3640. The van der Waals surface area contributed by atoms with Gasteiger partial charge in [-0.3, -0.25) is 0 Å². The predicted molar refractivity (Wildman–Crippen MR) is 262 cm³/mol. The Morgan fingerprint density at radius 3 is 1.79 bits per heavy atom. The molecule has 62 heavy (non-hydrogen) atoms. The number of anilines is 3. The molecular weight excluding hydrogens is 776 g/mol. The van der Waals surface area contributed by atoms with Crippen molar-refractivity contribution < 1.29 is 4.39 Å². The quantitative estimate of drug-likeness (QED) is 0.156. The van der Waals surface area contributed by atoms with Gasteiger partial charge in [-0.25, -0.2) is 4.39 Å². The molecule has 0 aliphatic carbocycles. The number of hydrogen-bond acceptors (Lipinski definition) is 2. The molecule has 0 aliphatic rings. The molecule has 0 radical (unpaired) electrons.